The van der Waals surface area contributed by atoms with E-state index in [2.05, 4.69) is 5.92 Å². The smallest absolute Gasteiger partial charge is 0.432 e. The van der Waals surface area contributed by atoms with Crippen LogP contribution in [0.15, 0.2) is 48.5 Å². The van der Waals surface area contributed by atoms with E-state index in [-0.39, 0.29) is 24.7 Å². The molecule has 46 heavy (non-hydrogen) atoms. The SMILES string of the molecule is C#Cc1cccc(COCCOCCOCCOCCOCCOCCOCCOCCOC(=O)Oc2ccc([N+](=O)[O-])cc2)c1. The number of carbonyl (C=O) groups excluding carboxylic acids is 1. The van der Waals surface area contributed by atoms with Gasteiger partial charge in [-0.15, -0.1) is 6.42 Å². The van der Waals surface area contributed by atoms with E-state index in [0.29, 0.717) is 99.1 Å². The molecule has 14 heteroatoms. The number of terminal acetylenes is 1. The lowest BCUT2D eigenvalue weighted by molar-refractivity contribution is -0.384. The van der Waals surface area contributed by atoms with E-state index in [1.165, 1.54) is 24.3 Å². The van der Waals surface area contributed by atoms with Crippen LogP contribution in [-0.4, -0.2) is 117 Å². The summed E-state index contributed by atoms with van der Waals surface area (Å²) in [5.74, 6) is 2.75. The highest BCUT2D eigenvalue weighted by molar-refractivity contribution is 5.63. The first-order chi connectivity index (χ1) is 22.6. The van der Waals surface area contributed by atoms with Crippen LogP contribution in [0.25, 0.3) is 0 Å². The molecule has 0 spiro atoms. The number of hydrogen-bond donors (Lipinski definition) is 0. The largest absolute Gasteiger partial charge is 0.513 e. The van der Waals surface area contributed by atoms with Crippen LogP contribution >= 0.6 is 0 Å². The lowest BCUT2D eigenvalue weighted by atomic mass is 10.1. The van der Waals surface area contributed by atoms with Crippen LogP contribution in [0.2, 0.25) is 0 Å². The van der Waals surface area contributed by atoms with Crippen molar-refractivity contribution in [3.05, 3.63) is 69.8 Å². The van der Waals surface area contributed by atoms with Gasteiger partial charge in [-0.2, -0.15) is 0 Å². The fourth-order valence-electron chi connectivity index (χ4n) is 3.43. The maximum absolute atomic E-state index is 11.6. The highest BCUT2D eigenvalue weighted by Gasteiger charge is 2.09. The number of carbonyl (C=O) groups is 1. The van der Waals surface area contributed by atoms with Gasteiger partial charge >= 0.3 is 6.16 Å². The molecule has 0 bridgehead atoms. The number of nitro groups is 1. The average molecular weight is 650 g/mol. The van der Waals surface area contributed by atoms with Gasteiger partial charge in [0.1, 0.15) is 12.4 Å². The standard InChI is InChI=1S/C32H43NO13/c1-2-28-4-3-5-29(26-28)27-44-23-22-42-19-18-40-15-14-38-11-10-37-12-13-39-16-17-41-20-21-43-24-25-45-32(34)46-31-8-6-30(7-9-31)33(35)36/h1,3-9,26H,10-25,27H2. The van der Waals surface area contributed by atoms with Crippen molar-refractivity contribution in [3.8, 4) is 18.1 Å². The summed E-state index contributed by atoms with van der Waals surface area (Å²) in [4.78, 5) is 21.7. The first kappa shape index (κ1) is 38.5. The molecule has 0 amide bonds. The van der Waals surface area contributed by atoms with Gasteiger partial charge in [0.2, 0.25) is 0 Å². The van der Waals surface area contributed by atoms with Crippen LogP contribution in [0, 0.1) is 22.5 Å². The molecule has 0 saturated carbocycles. The normalized spacial score (nSPS) is 10.8. The third kappa shape index (κ3) is 20.4. The molecule has 0 N–H and O–H groups in total. The molecule has 0 aliphatic heterocycles. The number of hydrogen-bond acceptors (Lipinski definition) is 13. The van der Waals surface area contributed by atoms with Crippen molar-refractivity contribution in [2.45, 2.75) is 6.61 Å². The molecule has 254 valence electrons. The highest BCUT2D eigenvalue weighted by Crippen LogP contribution is 2.17. The third-order valence-corrected chi connectivity index (χ3v) is 5.66. The monoisotopic (exact) mass is 649 g/mol. The summed E-state index contributed by atoms with van der Waals surface area (Å²) < 4.78 is 53.4. The quantitative estimate of drug-likeness (QED) is 0.0331. The second kappa shape index (κ2) is 26.6. The number of nitro benzene ring substituents is 1. The summed E-state index contributed by atoms with van der Waals surface area (Å²) in [6, 6.07) is 12.8. The van der Waals surface area contributed by atoms with Gasteiger partial charge in [0.25, 0.3) is 5.69 Å². The molecule has 0 fully saturated rings. The van der Waals surface area contributed by atoms with Crippen LogP contribution in [0.3, 0.4) is 0 Å². The second-order valence-corrected chi connectivity index (χ2v) is 9.14. The second-order valence-electron chi connectivity index (χ2n) is 9.14. The van der Waals surface area contributed by atoms with E-state index in [0.717, 1.165) is 11.1 Å². The Hall–Kier alpha value is -3.65. The Morgan fingerprint density at radius 2 is 1.07 bits per heavy atom. The first-order valence-electron chi connectivity index (χ1n) is 14.8. The van der Waals surface area contributed by atoms with Crippen LogP contribution < -0.4 is 4.74 Å². The topological polar surface area (TPSA) is 153 Å². The fraction of sp³-hybridized carbons (Fsp3) is 0.531. The van der Waals surface area contributed by atoms with Crippen LogP contribution in [0.5, 0.6) is 5.75 Å². The molecular formula is C32H43NO13. The van der Waals surface area contributed by atoms with E-state index < -0.39 is 11.1 Å². The van der Waals surface area contributed by atoms with Crippen molar-refractivity contribution in [3.63, 3.8) is 0 Å². The van der Waals surface area contributed by atoms with Crippen molar-refractivity contribution in [2.75, 3.05) is 106 Å². The molecular weight excluding hydrogens is 606 g/mol. The number of benzene rings is 2. The Morgan fingerprint density at radius 1 is 0.630 bits per heavy atom. The summed E-state index contributed by atoms with van der Waals surface area (Å²) in [7, 11) is 0. The molecule has 0 aliphatic carbocycles. The molecule has 14 nitrogen and oxygen atoms in total. The third-order valence-electron chi connectivity index (χ3n) is 5.66. The summed E-state index contributed by atoms with van der Waals surface area (Å²) in [6.45, 7) is 6.93. The zero-order chi connectivity index (χ0) is 32.9. The predicted molar refractivity (Wildman–Crippen MR) is 165 cm³/mol. The summed E-state index contributed by atoms with van der Waals surface area (Å²) in [5.41, 5.74) is 1.77. The number of ether oxygens (including phenoxy) is 10. The fourth-order valence-corrected chi connectivity index (χ4v) is 3.43. The molecule has 0 aliphatic rings. The summed E-state index contributed by atoms with van der Waals surface area (Å²) in [5, 5.41) is 10.6. The van der Waals surface area contributed by atoms with Crippen LogP contribution in [-0.2, 0) is 49.2 Å². The number of rotatable bonds is 28. The maximum atomic E-state index is 11.6. The Labute approximate surface area is 269 Å². The van der Waals surface area contributed by atoms with Gasteiger partial charge in [-0.1, -0.05) is 18.1 Å². The summed E-state index contributed by atoms with van der Waals surface area (Å²) >= 11 is 0. The number of non-ortho nitro benzene ring substituents is 1. The minimum absolute atomic E-state index is 0.00736. The molecule has 0 heterocycles. The lowest BCUT2D eigenvalue weighted by Crippen LogP contribution is -2.16. The lowest BCUT2D eigenvalue weighted by Gasteiger charge is -2.09. The van der Waals surface area contributed by atoms with E-state index in [1.54, 1.807) is 0 Å². The Kier molecular flexibility index (Phi) is 22.2. The van der Waals surface area contributed by atoms with Crippen molar-refractivity contribution in [1.82, 2.24) is 0 Å². The van der Waals surface area contributed by atoms with Gasteiger partial charge in [-0.05, 0) is 29.8 Å². The van der Waals surface area contributed by atoms with Crippen LogP contribution in [0.4, 0.5) is 10.5 Å². The van der Waals surface area contributed by atoms with Gasteiger partial charge in [-0.25, -0.2) is 4.79 Å². The van der Waals surface area contributed by atoms with E-state index in [4.69, 9.17) is 53.8 Å². The van der Waals surface area contributed by atoms with E-state index >= 15 is 0 Å². The number of nitrogens with zero attached hydrogens (tertiary/aromatic N) is 1. The highest BCUT2D eigenvalue weighted by atomic mass is 16.7. The van der Waals surface area contributed by atoms with Gasteiger partial charge in [0.15, 0.2) is 0 Å². The molecule has 0 saturated heterocycles. The van der Waals surface area contributed by atoms with Crippen molar-refractivity contribution in [1.29, 1.82) is 0 Å². The Balaban J connectivity index is 1.21. The predicted octanol–water partition coefficient (Wildman–Crippen LogP) is 3.42. The van der Waals surface area contributed by atoms with Gasteiger partial charge in [0.05, 0.1) is 111 Å². The first-order valence-corrected chi connectivity index (χ1v) is 14.8. The van der Waals surface area contributed by atoms with Crippen molar-refractivity contribution in [2.24, 2.45) is 0 Å². The zero-order valence-electron chi connectivity index (χ0n) is 26.0. The Morgan fingerprint density at radius 3 is 1.50 bits per heavy atom. The molecule has 0 radical (unpaired) electrons. The molecule has 2 aromatic carbocycles. The molecule has 0 unspecified atom stereocenters. The summed E-state index contributed by atoms with van der Waals surface area (Å²) in [6.07, 6.45) is 4.47. The molecule has 2 aromatic rings. The molecule has 0 aromatic heterocycles. The van der Waals surface area contributed by atoms with Crippen molar-refractivity contribution < 1.29 is 57.1 Å². The minimum atomic E-state index is -0.927. The van der Waals surface area contributed by atoms with Crippen LogP contribution in [0.1, 0.15) is 11.1 Å². The maximum Gasteiger partial charge on any atom is 0.513 e. The van der Waals surface area contributed by atoms with Crippen molar-refractivity contribution >= 4 is 11.8 Å². The van der Waals surface area contributed by atoms with Gasteiger partial charge in [0, 0.05) is 17.7 Å². The molecule has 2 rings (SSSR count). The minimum Gasteiger partial charge on any atom is -0.432 e. The van der Waals surface area contributed by atoms with E-state index in [9.17, 15) is 14.9 Å². The van der Waals surface area contributed by atoms with E-state index in [1.807, 2.05) is 24.3 Å². The van der Waals surface area contributed by atoms with Gasteiger partial charge < -0.3 is 47.4 Å². The van der Waals surface area contributed by atoms with Gasteiger partial charge in [-0.3, -0.25) is 10.1 Å². The Bertz CT molecular complexity index is 1120. The average Bonchev–Trinajstić information content (AvgIpc) is 3.06. The zero-order valence-corrected chi connectivity index (χ0v) is 26.0. The molecule has 0 atom stereocenters.